The molecule has 7 nitrogen and oxygen atoms in total. The predicted octanol–water partition coefficient (Wildman–Crippen LogP) is 4.53. The SMILES string of the molecule is CN1CCn2c(c(Br)c3c(N(CCO)C(=O)OC(C)(C)C)cc(Cl)c(Cl)c32)C1=O. The van der Waals surface area contributed by atoms with Crippen molar-refractivity contribution in [3.8, 4) is 0 Å². The van der Waals surface area contributed by atoms with Crippen molar-refractivity contribution in [2.24, 2.45) is 0 Å². The maximum absolute atomic E-state index is 12.9. The molecule has 0 bridgehead atoms. The van der Waals surface area contributed by atoms with Gasteiger partial charge in [-0.15, -0.1) is 0 Å². The van der Waals surface area contributed by atoms with Crippen LogP contribution in [0.3, 0.4) is 0 Å². The molecular formula is C19H22BrCl2N3O4. The molecule has 0 radical (unpaired) electrons. The fourth-order valence-electron chi connectivity index (χ4n) is 3.32. The standard InChI is InChI=1S/C19H22BrCl2N3O4/c1-19(2,3)29-18(28)24(7-8-26)11-9-10(21)14(22)15-12(11)13(20)16-17(27)23(4)5-6-25(15)16/h9,26H,5-8H2,1-4H3. The molecule has 0 saturated heterocycles. The van der Waals surface area contributed by atoms with E-state index in [1.54, 1.807) is 38.8 Å². The number of anilines is 1. The highest BCUT2D eigenvalue weighted by Gasteiger charge is 2.33. The zero-order chi connectivity index (χ0) is 21.7. The molecule has 10 heteroatoms. The van der Waals surface area contributed by atoms with Gasteiger partial charge < -0.3 is 19.3 Å². The zero-order valence-electron chi connectivity index (χ0n) is 16.6. The molecule has 1 aliphatic rings. The maximum atomic E-state index is 12.9. The van der Waals surface area contributed by atoms with Gasteiger partial charge in [0.05, 0.1) is 38.9 Å². The Balaban J connectivity index is 2.30. The molecular weight excluding hydrogens is 485 g/mol. The number of aliphatic hydroxyl groups excluding tert-OH is 1. The van der Waals surface area contributed by atoms with E-state index in [2.05, 4.69) is 15.9 Å². The van der Waals surface area contributed by atoms with Gasteiger partial charge in [0.1, 0.15) is 11.3 Å². The van der Waals surface area contributed by atoms with Gasteiger partial charge in [-0.25, -0.2) is 4.79 Å². The fraction of sp³-hybridized carbons (Fsp3) is 0.474. The van der Waals surface area contributed by atoms with Crippen LogP contribution in [0.15, 0.2) is 10.5 Å². The fourth-order valence-corrected chi connectivity index (χ4v) is 4.54. The van der Waals surface area contributed by atoms with Crippen LogP contribution in [0.5, 0.6) is 0 Å². The molecule has 2 aromatic rings. The third-order valence-corrected chi connectivity index (χ3v) is 6.13. The average Bonchev–Trinajstić information content (AvgIpc) is 2.91. The maximum Gasteiger partial charge on any atom is 0.414 e. The summed E-state index contributed by atoms with van der Waals surface area (Å²) in [6, 6.07) is 1.55. The van der Waals surface area contributed by atoms with E-state index >= 15 is 0 Å². The molecule has 1 aromatic heterocycles. The Bertz CT molecular complexity index is 1000. The predicted molar refractivity (Wildman–Crippen MR) is 117 cm³/mol. The van der Waals surface area contributed by atoms with Crippen LogP contribution in [-0.2, 0) is 11.3 Å². The van der Waals surface area contributed by atoms with Crippen molar-refractivity contribution >= 4 is 67.7 Å². The number of rotatable bonds is 3. The van der Waals surface area contributed by atoms with Gasteiger partial charge >= 0.3 is 6.09 Å². The highest BCUT2D eigenvalue weighted by Crippen LogP contribution is 2.45. The molecule has 0 unspecified atom stereocenters. The Morgan fingerprint density at radius 2 is 2.00 bits per heavy atom. The van der Waals surface area contributed by atoms with Gasteiger partial charge in [-0.3, -0.25) is 9.69 Å². The van der Waals surface area contributed by atoms with Gasteiger partial charge in [0.25, 0.3) is 5.91 Å². The lowest BCUT2D eigenvalue weighted by Crippen LogP contribution is -2.38. The minimum atomic E-state index is -0.726. The molecule has 0 spiro atoms. The van der Waals surface area contributed by atoms with Gasteiger partial charge in [0.2, 0.25) is 0 Å². The van der Waals surface area contributed by atoms with Crippen molar-refractivity contribution in [2.45, 2.75) is 32.9 Å². The Labute approximate surface area is 187 Å². The van der Waals surface area contributed by atoms with Crippen LogP contribution < -0.4 is 4.90 Å². The first-order valence-electron chi connectivity index (χ1n) is 9.04. The first-order valence-corrected chi connectivity index (χ1v) is 10.6. The Morgan fingerprint density at radius 1 is 1.34 bits per heavy atom. The number of carbonyl (C=O) groups excluding carboxylic acids is 2. The normalized spacial score (nSPS) is 14.3. The summed E-state index contributed by atoms with van der Waals surface area (Å²) in [5.74, 6) is -0.163. The number of halogens is 3. The van der Waals surface area contributed by atoms with E-state index < -0.39 is 11.7 Å². The molecule has 0 aliphatic carbocycles. The van der Waals surface area contributed by atoms with Crippen LogP contribution in [0.2, 0.25) is 10.0 Å². The van der Waals surface area contributed by atoms with Crippen LogP contribution in [0.1, 0.15) is 31.3 Å². The number of likely N-dealkylation sites (N-methyl/N-ethyl adjacent to an activating group) is 1. The van der Waals surface area contributed by atoms with Gasteiger partial charge in [0.15, 0.2) is 0 Å². The summed E-state index contributed by atoms with van der Waals surface area (Å²) in [7, 11) is 1.73. The summed E-state index contributed by atoms with van der Waals surface area (Å²) in [5.41, 5.74) is 0.675. The highest BCUT2D eigenvalue weighted by molar-refractivity contribution is 9.10. The van der Waals surface area contributed by atoms with Crippen molar-refractivity contribution in [3.63, 3.8) is 0 Å². The summed E-state index contributed by atoms with van der Waals surface area (Å²) < 4.78 is 7.84. The summed E-state index contributed by atoms with van der Waals surface area (Å²) in [6.45, 7) is 6.03. The van der Waals surface area contributed by atoms with Gasteiger partial charge in [-0.1, -0.05) is 23.2 Å². The first-order chi connectivity index (χ1) is 13.5. The molecule has 29 heavy (non-hydrogen) atoms. The Hall–Kier alpha value is -1.48. The zero-order valence-corrected chi connectivity index (χ0v) is 19.7. The molecule has 0 saturated carbocycles. The molecule has 1 aliphatic heterocycles. The molecule has 0 atom stereocenters. The van der Waals surface area contributed by atoms with Crippen LogP contribution in [0.25, 0.3) is 10.9 Å². The van der Waals surface area contributed by atoms with Crippen molar-refractivity contribution < 1.29 is 19.4 Å². The lowest BCUT2D eigenvalue weighted by atomic mass is 10.1. The van der Waals surface area contributed by atoms with E-state index in [0.29, 0.717) is 44.9 Å². The average molecular weight is 507 g/mol. The minimum absolute atomic E-state index is 0.0111. The quantitative estimate of drug-likeness (QED) is 0.663. The smallest absolute Gasteiger partial charge is 0.414 e. The summed E-state index contributed by atoms with van der Waals surface area (Å²) in [5, 5.41) is 10.7. The van der Waals surface area contributed by atoms with Crippen molar-refractivity contribution in [1.82, 2.24) is 9.47 Å². The van der Waals surface area contributed by atoms with Crippen molar-refractivity contribution in [1.29, 1.82) is 0 Å². The molecule has 1 aromatic carbocycles. The van der Waals surface area contributed by atoms with Crippen molar-refractivity contribution in [3.05, 3.63) is 26.3 Å². The number of amides is 2. The third kappa shape index (κ3) is 3.95. The van der Waals surface area contributed by atoms with E-state index in [4.69, 9.17) is 27.9 Å². The third-order valence-electron chi connectivity index (χ3n) is 4.58. The monoisotopic (exact) mass is 505 g/mol. The Morgan fingerprint density at radius 3 is 2.59 bits per heavy atom. The van der Waals surface area contributed by atoms with Crippen LogP contribution >= 0.6 is 39.1 Å². The van der Waals surface area contributed by atoms with E-state index in [1.807, 2.05) is 4.57 Å². The molecule has 0 fully saturated rings. The van der Waals surface area contributed by atoms with Crippen molar-refractivity contribution in [2.75, 3.05) is 31.6 Å². The van der Waals surface area contributed by atoms with Gasteiger partial charge in [-0.05, 0) is 42.8 Å². The van der Waals surface area contributed by atoms with Crippen LogP contribution in [-0.4, -0.2) is 58.9 Å². The van der Waals surface area contributed by atoms with E-state index in [-0.39, 0.29) is 24.1 Å². The number of aliphatic hydroxyl groups is 1. The lowest BCUT2D eigenvalue weighted by Gasteiger charge is -2.28. The summed E-state index contributed by atoms with van der Waals surface area (Å²) >= 11 is 16.4. The summed E-state index contributed by atoms with van der Waals surface area (Å²) in [4.78, 5) is 28.6. The largest absolute Gasteiger partial charge is 0.443 e. The number of ether oxygens (including phenoxy) is 1. The van der Waals surface area contributed by atoms with E-state index in [0.717, 1.165) is 0 Å². The number of hydrogen-bond donors (Lipinski definition) is 1. The number of carbonyl (C=O) groups is 2. The number of nitrogens with zero attached hydrogens (tertiary/aromatic N) is 3. The molecule has 3 rings (SSSR count). The number of fused-ring (bicyclic) bond motifs is 3. The summed E-state index contributed by atoms with van der Waals surface area (Å²) in [6.07, 6.45) is -0.634. The van der Waals surface area contributed by atoms with Crippen LogP contribution in [0, 0.1) is 0 Å². The topological polar surface area (TPSA) is 75.0 Å². The number of aromatic nitrogens is 1. The minimum Gasteiger partial charge on any atom is -0.443 e. The lowest BCUT2D eigenvalue weighted by molar-refractivity contribution is 0.0573. The molecule has 1 N–H and O–H groups in total. The molecule has 2 heterocycles. The number of hydrogen-bond acceptors (Lipinski definition) is 4. The van der Waals surface area contributed by atoms with Crippen LogP contribution in [0.4, 0.5) is 10.5 Å². The van der Waals surface area contributed by atoms with E-state index in [1.165, 1.54) is 4.90 Å². The second-order valence-electron chi connectivity index (χ2n) is 7.81. The molecule has 158 valence electrons. The highest BCUT2D eigenvalue weighted by atomic mass is 79.9. The Kier molecular flexibility index (Phi) is 6.11. The first kappa shape index (κ1) is 22.2. The second-order valence-corrected chi connectivity index (χ2v) is 9.39. The van der Waals surface area contributed by atoms with E-state index in [9.17, 15) is 14.7 Å². The molecule has 2 amide bonds. The van der Waals surface area contributed by atoms with Gasteiger partial charge in [-0.2, -0.15) is 0 Å². The second kappa shape index (κ2) is 7.98. The number of benzene rings is 1. The van der Waals surface area contributed by atoms with Gasteiger partial charge in [0, 0.05) is 25.5 Å².